The minimum atomic E-state index is -0.618. The molecule has 1 aliphatic rings. The van der Waals surface area contributed by atoms with Crippen LogP contribution in [0.25, 0.3) is 0 Å². The molecular weight excluding hydrogens is 548 g/mol. The molecule has 232 valence electrons. The molecule has 2 aromatic rings. The zero-order valence-electron chi connectivity index (χ0n) is 25.2. The van der Waals surface area contributed by atoms with Crippen LogP contribution in [0.1, 0.15) is 105 Å². The summed E-state index contributed by atoms with van der Waals surface area (Å²) in [5.41, 5.74) is 0.427. The zero-order chi connectivity index (χ0) is 30.9. The maximum atomic E-state index is 12.8. The van der Waals surface area contributed by atoms with Crippen LogP contribution in [0, 0.1) is 11.8 Å². The molecule has 0 amide bonds. The van der Waals surface area contributed by atoms with Gasteiger partial charge in [0.05, 0.1) is 30.3 Å². The molecule has 8 heteroatoms. The fourth-order valence-corrected chi connectivity index (χ4v) is 5.17. The van der Waals surface area contributed by atoms with Crippen molar-refractivity contribution in [3.8, 4) is 17.2 Å². The van der Waals surface area contributed by atoms with Gasteiger partial charge in [0.15, 0.2) is 6.29 Å². The van der Waals surface area contributed by atoms with Gasteiger partial charge >= 0.3 is 17.9 Å². The second-order valence-electron chi connectivity index (χ2n) is 11.0. The Labute approximate surface area is 254 Å². The molecule has 0 aromatic heterocycles. The summed E-state index contributed by atoms with van der Waals surface area (Å²) in [5.74, 6) is 0.236. The van der Waals surface area contributed by atoms with Crippen LogP contribution in [-0.2, 0) is 14.3 Å². The van der Waals surface area contributed by atoms with Crippen molar-refractivity contribution < 1.29 is 38.1 Å². The first-order valence-corrected chi connectivity index (χ1v) is 15.5. The second-order valence-corrected chi connectivity index (χ2v) is 11.0. The van der Waals surface area contributed by atoms with Crippen molar-refractivity contribution in [2.24, 2.45) is 11.8 Å². The Morgan fingerprint density at radius 2 is 1.53 bits per heavy atom. The molecule has 0 N–H and O–H groups in total. The highest BCUT2D eigenvalue weighted by atomic mass is 16.5. The van der Waals surface area contributed by atoms with E-state index in [4.69, 9.17) is 18.9 Å². The highest BCUT2D eigenvalue weighted by Gasteiger charge is 2.27. The number of carbonyl (C=O) groups excluding carboxylic acids is 4. The van der Waals surface area contributed by atoms with E-state index in [-0.39, 0.29) is 28.9 Å². The van der Waals surface area contributed by atoms with Gasteiger partial charge in [-0.15, -0.1) is 0 Å². The van der Waals surface area contributed by atoms with E-state index in [1.54, 1.807) is 24.3 Å². The Morgan fingerprint density at radius 1 is 0.837 bits per heavy atom. The molecule has 0 atom stereocenters. The van der Waals surface area contributed by atoms with Crippen molar-refractivity contribution in [3.05, 3.63) is 66.2 Å². The first-order chi connectivity index (χ1) is 20.9. The van der Waals surface area contributed by atoms with Gasteiger partial charge in [-0.3, -0.25) is 9.59 Å². The van der Waals surface area contributed by atoms with E-state index in [9.17, 15) is 19.2 Å². The Balaban J connectivity index is 1.41. The molecule has 43 heavy (non-hydrogen) atoms. The van der Waals surface area contributed by atoms with E-state index in [2.05, 4.69) is 13.5 Å². The first-order valence-electron chi connectivity index (χ1n) is 15.5. The van der Waals surface area contributed by atoms with E-state index in [1.165, 1.54) is 43.9 Å². The van der Waals surface area contributed by atoms with Crippen molar-refractivity contribution in [2.75, 3.05) is 13.2 Å². The topological polar surface area (TPSA) is 105 Å². The van der Waals surface area contributed by atoms with Gasteiger partial charge in [-0.1, -0.05) is 39.2 Å². The molecule has 0 spiro atoms. The number of rotatable bonds is 18. The lowest BCUT2D eigenvalue weighted by molar-refractivity contribution is -0.140. The predicted molar refractivity (Wildman–Crippen MR) is 164 cm³/mol. The normalized spacial score (nSPS) is 16.1. The van der Waals surface area contributed by atoms with Crippen LogP contribution in [0.3, 0.4) is 0 Å². The third-order valence-electron chi connectivity index (χ3n) is 7.73. The second kappa shape index (κ2) is 18.6. The van der Waals surface area contributed by atoms with Crippen LogP contribution in [-0.4, -0.2) is 37.4 Å². The summed E-state index contributed by atoms with van der Waals surface area (Å²) in [5, 5.41) is 0. The highest BCUT2D eigenvalue weighted by Crippen LogP contribution is 2.33. The van der Waals surface area contributed by atoms with Crippen LogP contribution in [0.4, 0.5) is 0 Å². The summed E-state index contributed by atoms with van der Waals surface area (Å²) in [7, 11) is 0. The molecule has 3 rings (SSSR count). The minimum absolute atomic E-state index is 0.0898. The highest BCUT2D eigenvalue weighted by molar-refractivity contribution is 5.93. The average Bonchev–Trinajstić information content (AvgIpc) is 3.03. The molecular formula is C35H44O8. The quantitative estimate of drug-likeness (QED) is 0.0571. The summed E-state index contributed by atoms with van der Waals surface area (Å²) < 4.78 is 21.7. The van der Waals surface area contributed by atoms with Crippen molar-refractivity contribution in [3.63, 3.8) is 0 Å². The van der Waals surface area contributed by atoms with Gasteiger partial charge in [0, 0.05) is 6.08 Å². The van der Waals surface area contributed by atoms with Crippen LogP contribution < -0.4 is 14.2 Å². The Bertz CT molecular complexity index is 1190. The molecule has 1 fully saturated rings. The van der Waals surface area contributed by atoms with Gasteiger partial charge in [0.25, 0.3) is 0 Å². The fraction of sp³-hybridized carbons (Fsp3) is 0.486. The summed E-state index contributed by atoms with van der Waals surface area (Å²) >= 11 is 0. The van der Waals surface area contributed by atoms with E-state index < -0.39 is 11.9 Å². The van der Waals surface area contributed by atoms with Gasteiger partial charge in [-0.25, -0.2) is 9.59 Å². The molecule has 0 radical (unpaired) electrons. The first kappa shape index (κ1) is 33.6. The third-order valence-corrected chi connectivity index (χ3v) is 7.73. The fourth-order valence-electron chi connectivity index (χ4n) is 5.17. The standard InChI is InChI=1S/C35H44O8/c1-3-5-8-11-26-12-14-27(15-13-26)34(38)42-31-20-21-32(29(24-31)25-36)43-35(39)28-16-18-30(19-17-28)40-22-9-6-7-10-23-41-33(37)4-2/h4,16-21,24-27H,2-3,5-15,22-23H2,1H3/t26-,27-. The average molecular weight is 593 g/mol. The van der Waals surface area contributed by atoms with E-state index in [1.807, 2.05) is 0 Å². The molecule has 0 unspecified atom stereocenters. The number of benzene rings is 2. The van der Waals surface area contributed by atoms with E-state index in [0.717, 1.165) is 57.4 Å². The number of ether oxygens (including phenoxy) is 4. The van der Waals surface area contributed by atoms with Gasteiger partial charge < -0.3 is 18.9 Å². The lowest BCUT2D eigenvalue weighted by Gasteiger charge is -2.27. The molecule has 1 saturated carbocycles. The van der Waals surface area contributed by atoms with Crippen LogP contribution >= 0.6 is 0 Å². The summed E-state index contributed by atoms with van der Waals surface area (Å²) in [4.78, 5) is 48.2. The van der Waals surface area contributed by atoms with Gasteiger partial charge in [0.1, 0.15) is 17.2 Å². The Hall–Kier alpha value is -3.94. The predicted octanol–water partition coefficient (Wildman–Crippen LogP) is 7.68. The lowest BCUT2D eigenvalue weighted by atomic mass is 9.80. The lowest BCUT2D eigenvalue weighted by Crippen LogP contribution is -2.25. The molecule has 2 aromatic carbocycles. The summed E-state index contributed by atoms with van der Waals surface area (Å²) in [6.07, 6.45) is 13.9. The SMILES string of the molecule is C=CC(=O)OCCCCCCOc1ccc(C(=O)Oc2ccc(OC(=O)[C@H]3CC[C@H](CCCCC)CC3)cc2C=O)cc1. The number of aldehydes is 1. The number of hydrogen-bond acceptors (Lipinski definition) is 8. The molecule has 1 aliphatic carbocycles. The van der Waals surface area contributed by atoms with Crippen molar-refractivity contribution >= 4 is 24.2 Å². The summed E-state index contributed by atoms with van der Waals surface area (Å²) in [6.45, 7) is 6.47. The van der Waals surface area contributed by atoms with Gasteiger partial charge in [0.2, 0.25) is 0 Å². The zero-order valence-corrected chi connectivity index (χ0v) is 25.2. The van der Waals surface area contributed by atoms with Crippen molar-refractivity contribution in [2.45, 2.75) is 84.0 Å². The van der Waals surface area contributed by atoms with Gasteiger partial charge in [-0.05, 0) is 99.7 Å². The van der Waals surface area contributed by atoms with Crippen molar-refractivity contribution in [1.29, 1.82) is 0 Å². The minimum Gasteiger partial charge on any atom is -0.494 e. The molecule has 0 aliphatic heterocycles. The van der Waals surface area contributed by atoms with Crippen LogP contribution in [0.5, 0.6) is 17.2 Å². The Kier molecular flexibility index (Phi) is 14.5. The number of hydrogen-bond donors (Lipinski definition) is 0. The maximum Gasteiger partial charge on any atom is 0.343 e. The molecule has 8 nitrogen and oxygen atoms in total. The number of unbranched alkanes of at least 4 members (excludes halogenated alkanes) is 5. The van der Waals surface area contributed by atoms with E-state index >= 15 is 0 Å². The Morgan fingerprint density at radius 3 is 2.21 bits per heavy atom. The monoisotopic (exact) mass is 592 g/mol. The van der Waals surface area contributed by atoms with E-state index in [0.29, 0.717) is 36.7 Å². The van der Waals surface area contributed by atoms with Crippen LogP contribution in [0.2, 0.25) is 0 Å². The number of esters is 3. The molecule has 0 heterocycles. The largest absolute Gasteiger partial charge is 0.494 e. The summed E-state index contributed by atoms with van der Waals surface area (Å²) in [6, 6.07) is 11.0. The molecule has 0 bridgehead atoms. The molecule has 0 saturated heterocycles. The third kappa shape index (κ3) is 11.7. The number of carbonyl (C=O) groups is 4. The van der Waals surface area contributed by atoms with Crippen LogP contribution in [0.15, 0.2) is 55.1 Å². The smallest absolute Gasteiger partial charge is 0.343 e. The maximum absolute atomic E-state index is 12.8. The van der Waals surface area contributed by atoms with Crippen molar-refractivity contribution in [1.82, 2.24) is 0 Å². The van der Waals surface area contributed by atoms with Gasteiger partial charge in [-0.2, -0.15) is 0 Å².